The highest BCUT2D eigenvalue weighted by Gasteiger charge is 2.63. The molecule has 0 unspecified atom stereocenters. The molecule has 0 aromatic heterocycles. The van der Waals surface area contributed by atoms with Gasteiger partial charge in [-0.25, -0.2) is 24.0 Å². The minimum Gasteiger partial charge on any atom is -0.463 e. The summed E-state index contributed by atoms with van der Waals surface area (Å²) in [6, 6.07) is 53.2. The minimum absolute atomic E-state index is 0.0201. The Bertz CT molecular complexity index is 5460. The van der Waals surface area contributed by atoms with Crippen LogP contribution in [0.15, 0.2) is 212 Å². The van der Waals surface area contributed by atoms with E-state index in [-0.39, 0.29) is 27.8 Å². The number of carbonyl (C=O) groups is 13. The third kappa shape index (κ3) is 29.9. The van der Waals surface area contributed by atoms with Gasteiger partial charge in [0.2, 0.25) is 12.2 Å². The van der Waals surface area contributed by atoms with E-state index in [1.165, 1.54) is 149 Å². The SMILES string of the molecule is CC(=O)OC[C@H]1O[C@@H](OC[C@H]2O[C@H](OC(=N)C(Cl)(Cl)Cl)[C@H](OCc3ccccc3)[C@@H](O[C@@H]3O[C@H](COC(=O)C(C)(C)C)[C@@H](O[C@@H]4O[C@H](COC(=O)c5ccccc5)[C@H](OC(=O)c5ccccc5)[C@H](OC(=O)c5ccccc5)[C@H]4OC(=O)c4ccccc4)[C@H](O[C@@H]4O[C@@H](C)[C@@H](OC(C)=O)[C@@H](OC(C)=O)[C@@H]4OC(C)=O)[C@H]3OC(=O)c3ccccc3)[C@H]2OCc2ccccc2)[C@H](OC(C)=O)[C@@H](OC(C)=O)[C@H]1OC(C)=O. The Balaban J connectivity index is 1.13. The minimum atomic E-state index is -2.77. The van der Waals surface area contributed by atoms with E-state index in [2.05, 4.69) is 0 Å². The van der Waals surface area contributed by atoms with E-state index in [4.69, 9.17) is 153 Å². The second-order valence-corrected chi connectivity index (χ2v) is 36.3. The van der Waals surface area contributed by atoms with Gasteiger partial charge in [-0.3, -0.25) is 43.8 Å². The van der Waals surface area contributed by atoms with E-state index in [0.29, 0.717) is 11.1 Å². The van der Waals surface area contributed by atoms with Crippen molar-refractivity contribution in [3.05, 3.63) is 251 Å². The van der Waals surface area contributed by atoms with Gasteiger partial charge in [0, 0.05) is 48.5 Å². The van der Waals surface area contributed by atoms with Gasteiger partial charge in [0.05, 0.1) is 59.2 Å². The molecule has 0 aliphatic carbocycles. The van der Waals surface area contributed by atoms with E-state index in [9.17, 15) is 48.6 Å². The molecule has 5 saturated heterocycles. The zero-order valence-corrected chi connectivity index (χ0v) is 80.8. The number of hydrogen-bond donors (Lipinski definition) is 1. The number of ether oxygens (including phenoxy) is 25. The largest absolute Gasteiger partial charge is 0.463 e. The molecule has 142 heavy (non-hydrogen) atoms. The molecule has 0 spiro atoms. The zero-order valence-electron chi connectivity index (χ0n) is 78.5. The number of halogens is 3. The number of rotatable bonds is 37. The summed E-state index contributed by atoms with van der Waals surface area (Å²) in [5, 5.41) is 9.32. The van der Waals surface area contributed by atoms with Crippen LogP contribution in [0.2, 0.25) is 0 Å². The van der Waals surface area contributed by atoms with Crippen LogP contribution in [0.1, 0.15) is 139 Å². The van der Waals surface area contributed by atoms with Crippen LogP contribution in [0.25, 0.3) is 0 Å². The molecule has 25 atom stereocenters. The van der Waals surface area contributed by atoms with Crippen molar-refractivity contribution in [3.8, 4) is 0 Å². The quantitative estimate of drug-likeness (QED) is 0.0124. The molecule has 5 heterocycles. The van der Waals surface area contributed by atoms with Crippen LogP contribution in [-0.2, 0) is 170 Å². The number of nitrogens with one attached hydrogen (secondary N) is 1. The van der Waals surface area contributed by atoms with Gasteiger partial charge in [-0.2, -0.15) is 0 Å². The van der Waals surface area contributed by atoms with Crippen molar-refractivity contribution in [3.63, 3.8) is 0 Å². The van der Waals surface area contributed by atoms with Gasteiger partial charge in [0.15, 0.2) is 86.2 Å². The normalized spacial score (nSPS) is 27.5. The van der Waals surface area contributed by atoms with Crippen LogP contribution in [0.5, 0.6) is 0 Å². The van der Waals surface area contributed by atoms with E-state index in [1.54, 1.807) is 91.0 Å². The van der Waals surface area contributed by atoms with Crippen LogP contribution < -0.4 is 0 Å². The lowest BCUT2D eigenvalue weighted by Crippen LogP contribution is -2.70. The van der Waals surface area contributed by atoms with Crippen LogP contribution in [0.4, 0.5) is 0 Å². The van der Waals surface area contributed by atoms with Gasteiger partial charge >= 0.3 is 77.6 Å². The fourth-order valence-electron chi connectivity index (χ4n) is 15.8. The fourth-order valence-corrected chi connectivity index (χ4v) is 15.9. The maximum atomic E-state index is 16.1. The van der Waals surface area contributed by atoms with Gasteiger partial charge in [0.1, 0.15) is 74.8 Å². The lowest BCUT2D eigenvalue weighted by atomic mass is 9.94. The van der Waals surface area contributed by atoms with Crippen molar-refractivity contribution in [2.45, 2.75) is 247 Å². The predicted molar refractivity (Wildman–Crippen MR) is 488 cm³/mol. The molecule has 0 radical (unpaired) electrons. The summed E-state index contributed by atoms with van der Waals surface area (Å²) in [7, 11) is 0. The van der Waals surface area contributed by atoms with Gasteiger partial charge in [-0.05, 0) is 99.5 Å². The maximum Gasteiger partial charge on any atom is 0.338 e. The Morgan fingerprint density at radius 2 is 0.563 bits per heavy atom. The first-order valence-electron chi connectivity index (χ1n) is 44.8. The average Bonchev–Trinajstić information content (AvgIpc) is 0.747. The summed E-state index contributed by atoms with van der Waals surface area (Å²) in [6.45, 7) is 8.05. The van der Waals surface area contributed by atoms with Gasteiger partial charge in [-0.15, -0.1) is 0 Å². The van der Waals surface area contributed by atoms with Crippen molar-refractivity contribution in [1.29, 1.82) is 5.41 Å². The summed E-state index contributed by atoms with van der Waals surface area (Å²) in [5.74, 6) is -15.0. The Kier molecular flexibility index (Phi) is 38.5. The molecular weight excluding hydrogens is 1930 g/mol. The van der Waals surface area contributed by atoms with E-state index >= 15 is 19.2 Å². The smallest absolute Gasteiger partial charge is 0.338 e. The fraction of sp³-hybridized carbons (Fsp3) is 0.440. The molecule has 39 nitrogen and oxygen atoms in total. The number of esters is 13. The molecular formula is C100H106Cl3NO38. The average molecular weight is 2040 g/mol. The molecule has 7 aromatic carbocycles. The van der Waals surface area contributed by atoms with Crippen LogP contribution in [0, 0.1) is 10.8 Å². The Hall–Kier alpha value is -12.5. The van der Waals surface area contributed by atoms with Gasteiger partial charge < -0.3 is 118 Å². The van der Waals surface area contributed by atoms with E-state index in [1.807, 2.05) is 0 Å². The topological polar surface area (TPSA) is 477 Å². The standard InChI is InChI=1S/C100H106Cl3NO38/c1-53-72(125-55(3)106)77(127-57(5)108)84(130-60(8)111)94(124-53)141-81-76(139-95-85(137-90(115)66-43-29-17-30-44-66)80(136-89(114)65-41-27-16-28-42-65)75(135-88(113)64-39-25-15-26-40-64)70(133-95)50-121-87(112)63-37-23-14-24-38-63)71(52-123-98(117)99(9,10)11)134-96(86(81)138-91(116)67-45-31-18-32-46-67)140-78-73(119-47-61-33-19-12-20-34-61)68(132-93(142-97(104)100(101,102)103)82(78)120-48-62-35-21-13-22-36-62)51-122-92-83(129-59(7)110)79(128-58(6)109)74(126-56(4)107)69(131-92)49-118-54(2)105/h12-46,53,68-86,92-96,104H,47-52H2,1-11H3/t53-,68+,69+,70+,71+,72+,73-,74-,75-,76+,77+,78-,79-,80-,81-,82+,83+,84-,85+,86+,92+,93+,94-,95-,96-/m0/s1. The van der Waals surface area contributed by atoms with Crippen molar-refractivity contribution in [2.75, 3.05) is 26.4 Å². The predicted octanol–water partition coefficient (Wildman–Crippen LogP) is 10.8. The maximum absolute atomic E-state index is 16.1. The molecule has 0 saturated carbocycles. The van der Waals surface area contributed by atoms with Crippen LogP contribution >= 0.6 is 34.8 Å². The molecule has 5 aliphatic rings. The lowest BCUT2D eigenvalue weighted by Gasteiger charge is -2.52. The first kappa shape index (κ1) is 108. The second kappa shape index (κ2) is 50.5. The van der Waals surface area contributed by atoms with Gasteiger partial charge in [-0.1, -0.05) is 186 Å². The summed E-state index contributed by atoms with van der Waals surface area (Å²) in [6.07, 6.45) is -51.8. The Morgan fingerprint density at radius 1 is 0.275 bits per heavy atom. The molecule has 0 amide bonds. The number of hydrogen-bond acceptors (Lipinski definition) is 39. The molecule has 1 N–H and O–H groups in total. The van der Waals surface area contributed by atoms with Crippen molar-refractivity contribution >= 4 is 118 Å². The summed E-state index contributed by atoms with van der Waals surface area (Å²) >= 11 is 19.6. The summed E-state index contributed by atoms with van der Waals surface area (Å²) < 4.78 is 161. The molecule has 12 rings (SSSR count). The van der Waals surface area contributed by atoms with Gasteiger partial charge in [0.25, 0.3) is 3.79 Å². The number of alkyl halides is 3. The highest BCUT2D eigenvalue weighted by molar-refractivity contribution is 6.76. The third-order valence-corrected chi connectivity index (χ3v) is 22.6. The number of carbonyl (C=O) groups excluding carboxylic acids is 13. The van der Waals surface area contributed by atoms with Crippen LogP contribution in [-0.4, -0.2) is 267 Å². The van der Waals surface area contributed by atoms with Crippen LogP contribution in [0.3, 0.4) is 0 Å². The highest BCUT2D eigenvalue weighted by Crippen LogP contribution is 2.44. The molecule has 5 fully saturated rings. The lowest BCUT2D eigenvalue weighted by molar-refractivity contribution is -0.399. The highest BCUT2D eigenvalue weighted by atomic mass is 35.6. The summed E-state index contributed by atoms with van der Waals surface area (Å²) in [5.41, 5.74) is -1.29. The zero-order chi connectivity index (χ0) is 102. The Morgan fingerprint density at radius 3 is 0.986 bits per heavy atom. The first-order chi connectivity index (χ1) is 67.7. The molecule has 7 aromatic rings. The number of benzene rings is 7. The first-order valence-corrected chi connectivity index (χ1v) is 46.0. The summed E-state index contributed by atoms with van der Waals surface area (Å²) in [4.78, 5) is 185. The van der Waals surface area contributed by atoms with Crippen molar-refractivity contribution in [2.24, 2.45) is 5.41 Å². The molecule has 42 heteroatoms. The molecule has 5 aliphatic heterocycles. The van der Waals surface area contributed by atoms with E-state index in [0.717, 1.165) is 48.5 Å². The monoisotopic (exact) mass is 2030 g/mol. The van der Waals surface area contributed by atoms with Crippen molar-refractivity contribution < 1.29 is 181 Å². The Labute approximate surface area is 829 Å². The van der Waals surface area contributed by atoms with Crippen molar-refractivity contribution in [1.82, 2.24) is 0 Å². The molecule has 0 bridgehead atoms. The van der Waals surface area contributed by atoms with E-state index < -0.39 is 286 Å². The molecule has 760 valence electrons. The third-order valence-electron chi connectivity index (χ3n) is 22.1. The second-order valence-electron chi connectivity index (χ2n) is 34.0.